The second-order valence-electron chi connectivity index (χ2n) is 5.54. The Balaban J connectivity index is 1.71. The Morgan fingerprint density at radius 2 is 2.19 bits per heavy atom. The first-order valence-corrected chi connectivity index (χ1v) is 8.20. The van der Waals surface area contributed by atoms with Crippen molar-refractivity contribution in [3.63, 3.8) is 0 Å². The number of aromatic amines is 1. The number of aromatic nitrogens is 3. The largest absolute Gasteiger partial charge is 0.347 e. The molecule has 2 aromatic heterocycles. The van der Waals surface area contributed by atoms with Gasteiger partial charge in [0.15, 0.2) is 0 Å². The van der Waals surface area contributed by atoms with Crippen LogP contribution < -0.4 is 5.32 Å². The highest BCUT2D eigenvalue weighted by Gasteiger charge is 2.32. The van der Waals surface area contributed by atoms with Crippen LogP contribution in [-0.4, -0.2) is 21.1 Å². The monoisotopic (exact) mass is 304 g/mol. The molecule has 5 nitrogen and oxygen atoms in total. The smallest absolute Gasteiger partial charge is 0.255 e. The number of carbonyl (C=O) groups excluding carboxylic acids is 1. The van der Waals surface area contributed by atoms with Crippen LogP contribution in [0.4, 0.5) is 0 Å². The van der Waals surface area contributed by atoms with Gasteiger partial charge in [-0.2, -0.15) is 5.10 Å². The molecule has 0 bridgehead atoms. The zero-order chi connectivity index (χ0) is 15.0. The molecule has 1 saturated carbocycles. The number of H-pyrrole nitrogens is 1. The summed E-state index contributed by atoms with van der Waals surface area (Å²) in [5, 5.41) is 11.4. The maximum absolute atomic E-state index is 12.5. The summed E-state index contributed by atoms with van der Waals surface area (Å²) < 4.78 is 0. The van der Waals surface area contributed by atoms with Crippen molar-refractivity contribution in [1.82, 2.24) is 20.5 Å². The lowest BCUT2D eigenvalue weighted by Gasteiger charge is -2.05. The summed E-state index contributed by atoms with van der Waals surface area (Å²) in [5.74, 6) is 0.432. The molecule has 1 fully saturated rings. The van der Waals surface area contributed by atoms with Gasteiger partial charge in [0.05, 0.1) is 28.5 Å². The molecule has 0 aliphatic heterocycles. The van der Waals surface area contributed by atoms with Crippen molar-refractivity contribution >= 4 is 17.2 Å². The highest BCUT2D eigenvalue weighted by atomic mass is 32.1. The van der Waals surface area contributed by atoms with Gasteiger partial charge in [0.1, 0.15) is 0 Å². The van der Waals surface area contributed by atoms with E-state index < -0.39 is 0 Å². The molecule has 1 aliphatic carbocycles. The molecule has 3 rings (SSSR count). The number of carbonyl (C=O) groups is 1. The summed E-state index contributed by atoms with van der Waals surface area (Å²) in [4.78, 5) is 18.1. The molecular weight excluding hydrogens is 284 g/mol. The minimum atomic E-state index is -0.0333. The molecule has 2 heterocycles. The number of hydrogen-bond acceptors (Lipinski definition) is 4. The SMILES string of the molecule is CCc1nc(C)c(CNC(=O)c2c(C3CC3)n[nH]c2C)s1. The zero-order valence-electron chi connectivity index (χ0n) is 12.6. The Morgan fingerprint density at radius 3 is 2.81 bits per heavy atom. The number of rotatable bonds is 5. The lowest BCUT2D eigenvalue weighted by atomic mass is 10.1. The van der Waals surface area contributed by atoms with Crippen LogP contribution in [0.15, 0.2) is 0 Å². The molecule has 2 N–H and O–H groups in total. The number of amides is 1. The van der Waals surface area contributed by atoms with Gasteiger partial charge in [-0.25, -0.2) is 4.98 Å². The summed E-state index contributed by atoms with van der Waals surface area (Å²) in [5.41, 5.74) is 3.53. The molecule has 6 heteroatoms. The second kappa shape index (κ2) is 5.60. The van der Waals surface area contributed by atoms with Gasteiger partial charge >= 0.3 is 0 Å². The molecule has 0 radical (unpaired) electrons. The van der Waals surface area contributed by atoms with Crippen molar-refractivity contribution in [2.24, 2.45) is 0 Å². The fourth-order valence-corrected chi connectivity index (χ4v) is 3.39. The molecule has 0 aromatic carbocycles. The lowest BCUT2D eigenvalue weighted by molar-refractivity contribution is 0.0949. The van der Waals surface area contributed by atoms with Crippen molar-refractivity contribution in [3.8, 4) is 0 Å². The number of hydrogen-bond donors (Lipinski definition) is 2. The van der Waals surface area contributed by atoms with Crippen LogP contribution >= 0.6 is 11.3 Å². The number of aryl methyl sites for hydroxylation is 3. The van der Waals surface area contributed by atoms with Gasteiger partial charge in [0.2, 0.25) is 0 Å². The first kappa shape index (κ1) is 14.3. The maximum atomic E-state index is 12.5. The van der Waals surface area contributed by atoms with E-state index in [4.69, 9.17) is 0 Å². The average molecular weight is 304 g/mol. The van der Waals surface area contributed by atoms with E-state index in [9.17, 15) is 4.79 Å². The number of thiazole rings is 1. The maximum Gasteiger partial charge on any atom is 0.255 e. The third-order valence-electron chi connectivity index (χ3n) is 3.82. The topological polar surface area (TPSA) is 70.7 Å². The summed E-state index contributed by atoms with van der Waals surface area (Å²) in [6.45, 7) is 6.53. The Hall–Kier alpha value is -1.69. The van der Waals surface area contributed by atoms with Crippen molar-refractivity contribution in [1.29, 1.82) is 0 Å². The Morgan fingerprint density at radius 1 is 1.43 bits per heavy atom. The van der Waals surface area contributed by atoms with E-state index in [2.05, 4.69) is 27.4 Å². The highest BCUT2D eigenvalue weighted by molar-refractivity contribution is 7.11. The highest BCUT2D eigenvalue weighted by Crippen LogP contribution is 2.41. The van der Waals surface area contributed by atoms with Gasteiger partial charge in [-0.15, -0.1) is 11.3 Å². The van der Waals surface area contributed by atoms with Gasteiger partial charge in [-0.3, -0.25) is 9.89 Å². The van der Waals surface area contributed by atoms with E-state index in [1.807, 2.05) is 13.8 Å². The van der Waals surface area contributed by atoms with Crippen LogP contribution in [0.2, 0.25) is 0 Å². The summed E-state index contributed by atoms with van der Waals surface area (Å²) in [6, 6.07) is 0. The van der Waals surface area contributed by atoms with Crippen LogP contribution in [0.25, 0.3) is 0 Å². The van der Waals surface area contributed by atoms with Gasteiger partial charge in [0, 0.05) is 16.5 Å². The molecule has 0 unspecified atom stereocenters. The van der Waals surface area contributed by atoms with Crippen LogP contribution in [0.1, 0.15) is 63.0 Å². The Labute approximate surface area is 128 Å². The molecule has 0 saturated heterocycles. The van der Waals surface area contributed by atoms with Crippen LogP contribution in [-0.2, 0) is 13.0 Å². The van der Waals surface area contributed by atoms with E-state index in [-0.39, 0.29) is 5.91 Å². The third-order valence-corrected chi connectivity index (χ3v) is 5.12. The van der Waals surface area contributed by atoms with Gasteiger partial charge in [0.25, 0.3) is 5.91 Å². The Kier molecular flexibility index (Phi) is 3.80. The summed E-state index contributed by atoms with van der Waals surface area (Å²) in [7, 11) is 0. The molecule has 0 atom stereocenters. The predicted octanol–water partition coefficient (Wildman–Crippen LogP) is 2.85. The van der Waals surface area contributed by atoms with Crippen molar-refractivity contribution in [2.75, 3.05) is 0 Å². The molecule has 1 amide bonds. The Bertz CT molecular complexity index is 669. The van der Waals surface area contributed by atoms with E-state index in [0.717, 1.165) is 51.8 Å². The quantitative estimate of drug-likeness (QED) is 0.892. The van der Waals surface area contributed by atoms with Crippen LogP contribution in [0.3, 0.4) is 0 Å². The van der Waals surface area contributed by atoms with E-state index >= 15 is 0 Å². The van der Waals surface area contributed by atoms with Gasteiger partial charge in [-0.05, 0) is 33.1 Å². The fourth-order valence-electron chi connectivity index (χ4n) is 2.44. The zero-order valence-corrected chi connectivity index (χ0v) is 13.4. The molecule has 1 aliphatic rings. The molecule has 21 heavy (non-hydrogen) atoms. The third kappa shape index (κ3) is 2.85. The van der Waals surface area contributed by atoms with Crippen molar-refractivity contribution in [2.45, 2.75) is 52.5 Å². The molecular formula is C15H20N4OS. The van der Waals surface area contributed by atoms with Gasteiger partial charge in [-0.1, -0.05) is 6.92 Å². The van der Waals surface area contributed by atoms with E-state index in [1.54, 1.807) is 11.3 Å². The van der Waals surface area contributed by atoms with Crippen LogP contribution in [0.5, 0.6) is 0 Å². The van der Waals surface area contributed by atoms with Crippen molar-refractivity contribution in [3.05, 3.63) is 32.5 Å². The van der Waals surface area contributed by atoms with E-state index in [1.165, 1.54) is 0 Å². The molecule has 2 aromatic rings. The number of nitrogens with one attached hydrogen (secondary N) is 2. The first-order chi connectivity index (χ1) is 10.1. The fraction of sp³-hybridized carbons (Fsp3) is 0.533. The average Bonchev–Trinajstić information content (AvgIpc) is 3.14. The van der Waals surface area contributed by atoms with Crippen molar-refractivity contribution < 1.29 is 4.79 Å². The summed E-state index contributed by atoms with van der Waals surface area (Å²) >= 11 is 1.68. The lowest BCUT2D eigenvalue weighted by Crippen LogP contribution is -2.24. The standard InChI is InChI=1S/C15H20N4OS/c1-4-12-17-8(2)11(21-12)7-16-15(20)13-9(3)18-19-14(13)10-5-6-10/h10H,4-7H2,1-3H3,(H,16,20)(H,18,19). The second-order valence-corrected chi connectivity index (χ2v) is 6.70. The minimum Gasteiger partial charge on any atom is -0.347 e. The summed E-state index contributed by atoms with van der Waals surface area (Å²) in [6.07, 6.45) is 3.21. The molecule has 112 valence electrons. The minimum absolute atomic E-state index is 0.0333. The first-order valence-electron chi connectivity index (χ1n) is 7.38. The molecule has 0 spiro atoms. The van der Waals surface area contributed by atoms with Crippen LogP contribution in [0, 0.1) is 13.8 Å². The van der Waals surface area contributed by atoms with E-state index in [0.29, 0.717) is 12.5 Å². The number of nitrogens with zero attached hydrogens (tertiary/aromatic N) is 2. The van der Waals surface area contributed by atoms with Gasteiger partial charge < -0.3 is 5.32 Å². The normalized spacial score (nSPS) is 14.4. The predicted molar refractivity (Wildman–Crippen MR) is 82.7 cm³/mol.